The standard InChI is InChI=1S/C31H24BrClN2O7S/c1-16-26(30(39)41-3)27(21-14-20(33)9-11-23(21)40-2)35-28(36)25(43-31(35)34-16)13-18-6-10-24(22(32)12-18)42-15-17-4-7-19(8-5-17)29(37)38/h4-14,27H,15H2,1-3H3,(H,37,38)/b25-13-/t27-/m0/s1. The molecule has 0 unspecified atom stereocenters. The van der Waals surface area contributed by atoms with Crippen molar-refractivity contribution in [2.24, 2.45) is 4.99 Å². The number of esters is 1. The number of halogens is 2. The highest BCUT2D eigenvalue weighted by molar-refractivity contribution is 9.10. The number of benzene rings is 3. The average molecular weight is 684 g/mol. The fourth-order valence-electron chi connectivity index (χ4n) is 4.69. The molecule has 43 heavy (non-hydrogen) atoms. The summed E-state index contributed by atoms with van der Waals surface area (Å²) in [4.78, 5) is 42.9. The van der Waals surface area contributed by atoms with Gasteiger partial charge in [0, 0.05) is 10.6 Å². The van der Waals surface area contributed by atoms with E-state index in [9.17, 15) is 14.4 Å². The minimum Gasteiger partial charge on any atom is -0.496 e. The molecule has 0 bridgehead atoms. The molecule has 4 aromatic rings. The third-order valence-corrected chi connectivity index (χ3v) is 8.60. The zero-order chi connectivity index (χ0) is 30.8. The van der Waals surface area contributed by atoms with Crippen molar-refractivity contribution in [3.8, 4) is 11.5 Å². The number of aromatic carboxylic acids is 1. The fraction of sp³-hybridized carbons (Fsp3) is 0.161. The third kappa shape index (κ3) is 6.15. The average Bonchev–Trinajstić information content (AvgIpc) is 3.29. The summed E-state index contributed by atoms with van der Waals surface area (Å²) in [6, 6.07) is 16.0. The van der Waals surface area contributed by atoms with Crippen molar-refractivity contribution in [3.63, 3.8) is 0 Å². The zero-order valence-electron chi connectivity index (χ0n) is 23.1. The van der Waals surface area contributed by atoms with Crippen LogP contribution < -0.4 is 24.4 Å². The van der Waals surface area contributed by atoms with E-state index < -0.39 is 18.0 Å². The van der Waals surface area contributed by atoms with Crippen LogP contribution in [0.4, 0.5) is 0 Å². The Morgan fingerprint density at radius 3 is 2.47 bits per heavy atom. The molecule has 12 heteroatoms. The molecule has 5 rings (SSSR count). The predicted octanol–water partition coefficient (Wildman–Crippen LogP) is 5.11. The van der Waals surface area contributed by atoms with Gasteiger partial charge in [0.15, 0.2) is 4.80 Å². The number of hydrogen-bond acceptors (Lipinski definition) is 8. The Hall–Kier alpha value is -4.19. The van der Waals surface area contributed by atoms with Crippen LogP contribution in [0, 0.1) is 0 Å². The molecule has 220 valence electrons. The summed E-state index contributed by atoms with van der Waals surface area (Å²) < 4.78 is 19.1. The number of rotatable bonds is 8. The lowest BCUT2D eigenvalue weighted by molar-refractivity contribution is -0.136. The van der Waals surface area contributed by atoms with Crippen molar-refractivity contribution >= 4 is 56.9 Å². The van der Waals surface area contributed by atoms with Gasteiger partial charge in [0.25, 0.3) is 5.56 Å². The summed E-state index contributed by atoms with van der Waals surface area (Å²) in [5.74, 6) is -0.568. The van der Waals surface area contributed by atoms with Gasteiger partial charge in [0.2, 0.25) is 0 Å². The number of carboxylic acid groups (broad SMARTS) is 1. The van der Waals surface area contributed by atoms with Crippen LogP contribution in [0.2, 0.25) is 5.02 Å². The maximum absolute atomic E-state index is 13.9. The normalized spacial score (nSPS) is 14.6. The van der Waals surface area contributed by atoms with Crippen LogP contribution in [0.5, 0.6) is 11.5 Å². The van der Waals surface area contributed by atoms with Crippen LogP contribution in [0.3, 0.4) is 0 Å². The van der Waals surface area contributed by atoms with Crippen molar-refractivity contribution in [2.75, 3.05) is 14.2 Å². The van der Waals surface area contributed by atoms with E-state index in [0.29, 0.717) is 41.6 Å². The number of carbonyl (C=O) groups excluding carboxylic acids is 1. The van der Waals surface area contributed by atoms with Gasteiger partial charge in [-0.15, -0.1) is 0 Å². The van der Waals surface area contributed by atoms with Crippen molar-refractivity contribution in [3.05, 3.63) is 123 Å². The Balaban J connectivity index is 1.51. The molecule has 0 spiro atoms. The highest BCUT2D eigenvalue weighted by atomic mass is 79.9. The molecule has 1 aliphatic heterocycles. The van der Waals surface area contributed by atoms with E-state index in [4.69, 9.17) is 30.9 Å². The van der Waals surface area contributed by atoms with Crippen molar-refractivity contribution in [1.82, 2.24) is 4.57 Å². The van der Waals surface area contributed by atoms with Crippen molar-refractivity contribution in [2.45, 2.75) is 19.6 Å². The van der Waals surface area contributed by atoms with Gasteiger partial charge in [-0.3, -0.25) is 9.36 Å². The molecule has 0 saturated carbocycles. The zero-order valence-corrected chi connectivity index (χ0v) is 26.2. The smallest absolute Gasteiger partial charge is 0.338 e. The van der Waals surface area contributed by atoms with Gasteiger partial charge in [-0.2, -0.15) is 0 Å². The number of nitrogens with zero attached hydrogens (tertiary/aromatic N) is 2. The maximum atomic E-state index is 13.9. The number of fused-ring (bicyclic) bond motifs is 1. The number of allylic oxidation sites excluding steroid dienone is 1. The Morgan fingerprint density at radius 1 is 1.09 bits per heavy atom. The topological polar surface area (TPSA) is 116 Å². The molecule has 0 radical (unpaired) electrons. The first-order valence-corrected chi connectivity index (χ1v) is 14.8. The fourth-order valence-corrected chi connectivity index (χ4v) is 6.42. The molecule has 0 amide bonds. The van der Waals surface area contributed by atoms with Crippen LogP contribution in [0.25, 0.3) is 6.08 Å². The number of carbonyl (C=O) groups is 2. The number of ether oxygens (including phenoxy) is 3. The lowest BCUT2D eigenvalue weighted by Crippen LogP contribution is -2.40. The Kier molecular flexibility index (Phi) is 8.86. The predicted molar refractivity (Wildman–Crippen MR) is 166 cm³/mol. The molecule has 0 aliphatic carbocycles. The van der Waals surface area contributed by atoms with Gasteiger partial charge >= 0.3 is 11.9 Å². The minimum atomic E-state index is -0.989. The molecule has 3 aromatic carbocycles. The lowest BCUT2D eigenvalue weighted by atomic mass is 9.95. The molecular formula is C31H24BrClN2O7S. The van der Waals surface area contributed by atoms with E-state index >= 15 is 0 Å². The van der Waals surface area contributed by atoms with E-state index in [1.165, 1.54) is 42.3 Å². The van der Waals surface area contributed by atoms with Crippen molar-refractivity contribution < 1.29 is 28.9 Å². The molecular weight excluding hydrogens is 660 g/mol. The molecule has 0 fully saturated rings. The van der Waals surface area contributed by atoms with Gasteiger partial charge in [0.1, 0.15) is 24.1 Å². The van der Waals surface area contributed by atoms with Gasteiger partial charge < -0.3 is 19.3 Å². The number of methoxy groups -OCH3 is 2. The number of carboxylic acids is 1. The SMILES string of the molecule is COC(=O)C1=C(C)N=c2s/c(=C\c3ccc(OCc4ccc(C(=O)O)cc4)c(Br)c3)c(=O)n2[C@H]1c1cc(Cl)ccc1OC. The number of thiazole rings is 1. The maximum Gasteiger partial charge on any atom is 0.338 e. The van der Waals surface area contributed by atoms with E-state index in [0.717, 1.165) is 11.1 Å². The molecule has 1 N–H and O–H groups in total. The van der Waals surface area contributed by atoms with Gasteiger partial charge in [-0.25, -0.2) is 14.6 Å². The van der Waals surface area contributed by atoms with Crippen LogP contribution >= 0.6 is 38.9 Å². The number of hydrogen-bond donors (Lipinski definition) is 1. The van der Waals surface area contributed by atoms with E-state index in [2.05, 4.69) is 20.9 Å². The lowest BCUT2D eigenvalue weighted by Gasteiger charge is -2.25. The quantitative estimate of drug-likeness (QED) is 0.257. The summed E-state index contributed by atoms with van der Waals surface area (Å²) >= 11 is 11.1. The van der Waals surface area contributed by atoms with Crippen molar-refractivity contribution in [1.29, 1.82) is 0 Å². The van der Waals surface area contributed by atoms with Crippen LogP contribution in [0.15, 0.2) is 86.2 Å². The second-order valence-electron chi connectivity index (χ2n) is 9.44. The molecule has 1 aliphatic rings. The van der Waals surface area contributed by atoms with Crippen LogP contribution in [0.1, 0.15) is 40.0 Å². The Morgan fingerprint density at radius 2 is 1.81 bits per heavy atom. The van der Waals surface area contributed by atoms with E-state index in [1.54, 1.807) is 49.4 Å². The monoisotopic (exact) mass is 682 g/mol. The Bertz CT molecular complexity index is 1970. The first kappa shape index (κ1) is 30.3. The summed E-state index contributed by atoms with van der Waals surface area (Å²) in [5, 5.41) is 9.49. The molecule has 2 heterocycles. The molecule has 9 nitrogen and oxygen atoms in total. The van der Waals surface area contributed by atoms with E-state index in [-0.39, 0.29) is 23.3 Å². The van der Waals surface area contributed by atoms with Gasteiger partial charge in [-0.1, -0.05) is 41.1 Å². The van der Waals surface area contributed by atoms with Crippen LogP contribution in [-0.4, -0.2) is 35.8 Å². The second-order valence-corrected chi connectivity index (χ2v) is 11.7. The highest BCUT2D eigenvalue weighted by Crippen LogP contribution is 2.37. The molecule has 1 aromatic heterocycles. The molecule has 0 saturated heterocycles. The van der Waals surface area contributed by atoms with Gasteiger partial charge in [0.05, 0.1) is 40.1 Å². The second kappa shape index (κ2) is 12.6. The van der Waals surface area contributed by atoms with E-state index in [1.807, 2.05) is 12.1 Å². The minimum absolute atomic E-state index is 0.203. The first-order chi connectivity index (χ1) is 20.6. The summed E-state index contributed by atoms with van der Waals surface area (Å²) in [5.41, 5.74) is 2.57. The van der Waals surface area contributed by atoms with Crippen LogP contribution in [-0.2, 0) is 16.1 Å². The Labute approximate surface area is 263 Å². The summed E-state index contributed by atoms with van der Waals surface area (Å²) in [7, 11) is 2.78. The largest absolute Gasteiger partial charge is 0.496 e. The number of aromatic nitrogens is 1. The summed E-state index contributed by atoms with van der Waals surface area (Å²) in [6.45, 7) is 1.94. The first-order valence-electron chi connectivity index (χ1n) is 12.8. The van der Waals surface area contributed by atoms with Gasteiger partial charge in [-0.05, 0) is 82.5 Å². The molecule has 1 atom stereocenters. The summed E-state index contributed by atoms with van der Waals surface area (Å²) in [6.07, 6.45) is 1.74. The third-order valence-electron chi connectivity index (χ3n) is 6.76. The highest BCUT2D eigenvalue weighted by Gasteiger charge is 2.35.